The third-order valence-corrected chi connectivity index (χ3v) is 3.67. The topological polar surface area (TPSA) is 123 Å². The molecule has 0 radical (unpaired) electrons. The Morgan fingerprint density at radius 3 is 2.61 bits per heavy atom. The van der Waals surface area contributed by atoms with Crippen LogP contribution in [0.15, 0.2) is 35.4 Å². The Morgan fingerprint density at radius 2 is 1.96 bits per heavy atom. The average molecular weight is 322 g/mol. The maximum atomic E-state index is 10.3. The quantitative estimate of drug-likeness (QED) is 0.488. The average Bonchev–Trinajstić information content (AvgIpc) is 2.62. The predicted octanol–water partition coefficient (Wildman–Crippen LogP) is 1.85. The maximum Gasteiger partial charge on any atom is 0.184 e. The Hall–Kier alpha value is -1.67. The Bertz CT molecular complexity index is 536. The van der Waals surface area contributed by atoms with Crippen LogP contribution in [0.1, 0.15) is 25.7 Å². The van der Waals surface area contributed by atoms with Gasteiger partial charge in [0.25, 0.3) is 0 Å². The lowest BCUT2D eigenvalue weighted by molar-refractivity contribution is -0.312. The molecule has 0 spiro atoms. The first kappa shape index (κ1) is 17.7. The van der Waals surface area contributed by atoms with E-state index in [4.69, 9.17) is 25.5 Å². The molecular formula is C15H22N4O4. The smallest absolute Gasteiger partial charge is 0.184 e. The minimum Gasteiger partial charge on any atom is -0.389 e. The molecule has 2 heterocycles. The number of nitrogens with two attached hydrogens (primary N) is 1. The summed E-state index contributed by atoms with van der Waals surface area (Å²) in [6, 6.07) is 8.58. The van der Waals surface area contributed by atoms with Gasteiger partial charge < -0.3 is 25.1 Å². The van der Waals surface area contributed by atoms with Crippen molar-refractivity contribution < 1.29 is 19.3 Å². The van der Waals surface area contributed by atoms with E-state index in [1.165, 1.54) is 0 Å². The Morgan fingerprint density at radius 1 is 1.26 bits per heavy atom. The summed E-state index contributed by atoms with van der Waals surface area (Å²) in [4.78, 5) is 2.67. The lowest BCUT2D eigenvalue weighted by Crippen LogP contribution is -2.63. The summed E-state index contributed by atoms with van der Waals surface area (Å²) in [5.41, 5.74) is 15.2. The Balaban J connectivity index is 0.000000924. The predicted molar refractivity (Wildman–Crippen MR) is 83.1 cm³/mol. The molecule has 2 aliphatic heterocycles. The maximum absolute atomic E-state index is 10.3. The first-order chi connectivity index (χ1) is 11.2. The molecule has 1 aromatic rings. The standard InChI is InChI=1S/C13H16N4O4.C2H6/c14-9-10(18)11-8(20-12(9)16-17-15)6-19-13(21-11)7-4-2-1-3-5-7;1-2/h1-5,8-13,18H,6,14H2;1-2H3. The third-order valence-electron chi connectivity index (χ3n) is 3.67. The van der Waals surface area contributed by atoms with Gasteiger partial charge in [0.1, 0.15) is 18.3 Å². The van der Waals surface area contributed by atoms with E-state index in [9.17, 15) is 5.11 Å². The zero-order chi connectivity index (χ0) is 16.8. The fourth-order valence-electron chi connectivity index (χ4n) is 2.56. The lowest BCUT2D eigenvalue weighted by atomic mass is 9.96. The number of benzene rings is 1. The van der Waals surface area contributed by atoms with Gasteiger partial charge in [-0.1, -0.05) is 49.3 Å². The van der Waals surface area contributed by atoms with E-state index in [0.717, 1.165) is 5.56 Å². The normalized spacial score (nSPS) is 36.0. The molecular weight excluding hydrogens is 300 g/mol. The van der Waals surface area contributed by atoms with Crippen LogP contribution in [0.4, 0.5) is 0 Å². The van der Waals surface area contributed by atoms with Crippen LogP contribution in [-0.2, 0) is 14.2 Å². The van der Waals surface area contributed by atoms with Crippen LogP contribution in [0, 0.1) is 0 Å². The van der Waals surface area contributed by atoms with E-state index in [2.05, 4.69) is 10.0 Å². The minimum atomic E-state index is -0.991. The van der Waals surface area contributed by atoms with Crippen LogP contribution in [0.3, 0.4) is 0 Å². The second-order valence-electron chi connectivity index (χ2n) is 5.01. The van der Waals surface area contributed by atoms with Crippen LogP contribution < -0.4 is 5.73 Å². The number of aliphatic hydroxyl groups is 1. The highest BCUT2D eigenvalue weighted by Crippen LogP contribution is 2.33. The van der Waals surface area contributed by atoms with Gasteiger partial charge in [-0.05, 0) is 5.53 Å². The SMILES string of the molecule is CC.[N-]=[N+]=NC1OC2COC(c3ccccc3)OC2C(O)C1N. The highest BCUT2D eigenvalue weighted by molar-refractivity contribution is 5.16. The fourth-order valence-corrected chi connectivity index (χ4v) is 2.56. The molecule has 2 fully saturated rings. The van der Waals surface area contributed by atoms with Crippen molar-refractivity contribution in [3.8, 4) is 0 Å². The molecule has 0 bridgehead atoms. The summed E-state index contributed by atoms with van der Waals surface area (Å²) in [5.74, 6) is 0. The molecule has 8 heteroatoms. The van der Waals surface area contributed by atoms with Crippen molar-refractivity contribution in [3.63, 3.8) is 0 Å². The number of nitrogens with zero attached hydrogens (tertiary/aromatic N) is 3. The molecule has 23 heavy (non-hydrogen) atoms. The third kappa shape index (κ3) is 3.81. The van der Waals surface area contributed by atoms with Gasteiger partial charge in [-0.25, -0.2) is 0 Å². The van der Waals surface area contributed by atoms with E-state index in [-0.39, 0.29) is 6.61 Å². The van der Waals surface area contributed by atoms with Crippen molar-refractivity contribution in [1.82, 2.24) is 0 Å². The van der Waals surface area contributed by atoms with E-state index >= 15 is 0 Å². The number of hydrogen-bond donors (Lipinski definition) is 2. The van der Waals surface area contributed by atoms with Crippen LogP contribution >= 0.6 is 0 Å². The molecule has 8 nitrogen and oxygen atoms in total. The van der Waals surface area contributed by atoms with Crippen molar-refractivity contribution in [2.75, 3.05) is 6.61 Å². The van der Waals surface area contributed by atoms with Gasteiger partial charge in [-0.2, -0.15) is 0 Å². The van der Waals surface area contributed by atoms with Crippen molar-refractivity contribution in [2.45, 2.75) is 50.7 Å². The molecule has 0 saturated carbocycles. The highest BCUT2D eigenvalue weighted by Gasteiger charge is 2.47. The molecule has 6 unspecified atom stereocenters. The first-order valence-corrected chi connectivity index (χ1v) is 7.66. The molecule has 3 rings (SSSR count). The van der Waals surface area contributed by atoms with Gasteiger partial charge in [0.05, 0.1) is 12.6 Å². The van der Waals surface area contributed by atoms with Crippen molar-refractivity contribution >= 4 is 0 Å². The molecule has 0 aromatic heterocycles. The van der Waals surface area contributed by atoms with Crippen LogP contribution in [0.25, 0.3) is 10.4 Å². The zero-order valence-electron chi connectivity index (χ0n) is 13.1. The number of ether oxygens (including phenoxy) is 3. The monoisotopic (exact) mass is 322 g/mol. The van der Waals surface area contributed by atoms with Crippen molar-refractivity contribution in [2.24, 2.45) is 10.8 Å². The second kappa shape index (κ2) is 8.26. The summed E-state index contributed by atoms with van der Waals surface area (Å²) in [7, 11) is 0. The van der Waals surface area contributed by atoms with Gasteiger partial charge in [0, 0.05) is 10.5 Å². The van der Waals surface area contributed by atoms with Crippen molar-refractivity contribution in [1.29, 1.82) is 0 Å². The number of rotatable bonds is 2. The number of hydrogen-bond acceptors (Lipinski definition) is 6. The Kier molecular flexibility index (Phi) is 6.35. The molecule has 1 aromatic carbocycles. The number of aliphatic hydroxyl groups excluding tert-OH is 1. The summed E-state index contributed by atoms with van der Waals surface area (Å²) in [6.45, 7) is 4.23. The summed E-state index contributed by atoms with van der Waals surface area (Å²) in [5, 5.41) is 13.7. The molecule has 2 aliphatic rings. The first-order valence-electron chi connectivity index (χ1n) is 7.66. The largest absolute Gasteiger partial charge is 0.389 e. The Labute approximate surface area is 134 Å². The lowest BCUT2D eigenvalue weighted by Gasteiger charge is -2.46. The van der Waals surface area contributed by atoms with E-state index in [1.54, 1.807) is 0 Å². The van der Waals surface area contributed by atoms with E-state index in [0.29, 0.717) is 0 Å². The van der Waals surface area contributed by atoms with Crippen LogP contribution in [-0.4, -0.2) is 42.3 Å². The zero-order valence-corrected chi connectivity index (χ0v) is 13.1. The highest BCUT2D eigenvalue weighted by atomic mass is 16.7. The second-order valence-corrected chi connectivity index (χ2v) is 5.01. The summed E-state index contributed by atoms with van der Waals surface area (Å²) < 4.78 is 16.9. The minimum absolute atomic E-state index is 0.228. The summed E-state index contributed by atoms with van der Waals surface area (Å²) >= 11 is 0. The summed E-state index contributed by atoms with van der Waals surface area (Å²) in [6.07, 6.45) is -3.63. The molecule has 126 valence electrons. The van der Waals surface area contributed by atoms with Crippen molar-refractivity contribution in [3.05, 3.63) is 46.3 Å². The molecule has 0 amide bonds. The van der Waals surface area contributed by atoms with Gasteiger partial charge >= 0.3 is 0 Å². The fraction of sp³-hybridized carbons (Fsp3) is 0.600. The molecule has 2 saturated heterocycles. The van der Waals surface area contributed by atoms with E-state index < -0.39 is 36.9 Å². The van der Waals surface area contributed by atoms with Crippen LogP contribution in [0.5, 0.6) is 0 Å². The van der Waals surface area contributed by atoms with Gasteiger partial charge in [0.15, 0.2) is 12.5 Å². The van der Waals surface area contributed by atoms with Gasteiger partial charge in [0.2, 0.25) is 0 Å². The molecule has 6 atom stereocenters. The molecule has 3 N–H and O–H groups in total. The van der Waals surface area contributed by atoms with E-state index in [1.807, 2.05) is 44.2 Å². The van der Waals surface area contributed by atoms with Crippen LogP contribution in [0.2, 0.25) is 0 Å². The molecule has 0 aliphatic carbocycles. The van der Waals surface area contributed by atoms with Gasteiger partial charge in [-0.15, -0.1) is 0 Å². The number of fused-ring (bicyclic) bond motifs is 1. The van der Waals surface area contributed by atoms with Gasteiger partial charge in [-0.3, -0.25) is 0 Å². The number of azide groups is 1.